The Labute approximate surface area is 140 Å². The number of rotatable bonds is 5. The summed E-state index contributed by atoms with van der Waals surface area (Å²) in [4.78, 5) is 12.9. The summed E-state index contributed by atoms with van der Waals surface area (Å²) in [5, 5.41) is 19.0. The van der Waals surface area contributed by atoms with E-state index in [1.165, 1.54) is 11.8 Å². The van der Waals surface area contributed by atoms with Crippen LogP contribution in [-0.4, -0.2) is 42.0 Å². The van der Waals surface area contributed by atoms with Crippen LogP contribution in [0, 0.1) is 0 Å². The first-order valence-electron chi connectivity index (χ1n) is 6.78. The zero-order chi connectivity index (χ0) is 16.2. The van der Waals surface area contributed by atoms with Gasteiger partial charge in [0.05, 0.1) is 11.4 Å². The Morgan fingerprint density at radius 2 is 2.26 bits per heavy atom. The number of aromatic nitrogens is 6. The standard InChI is InChI=1S/C13H13N7OS2/c1-3-10-11(23-19-15-10)12(21)14-8-5-4-6-9(7-8)20-13(22-2)16-17-18-20/h4-7H,3H2,1-2H3,(H,14,21). The van der Waals surface area contributed by atoms with E-state index in [9.17, 15) is 4.79 Å². The van der Waals surface area contributed by atoms with Crippen LogP contribution < -0.4 is 5.32 Å². The normalized spacial score (nSPS) is 10.7. The SMILES string of the molecule is CCc1nnsc1C(=O)Nc1cccc(-n2nnnc2SC)c1. The summed E-state index contributed by atoms with van der Waals surface area (Å²) < 4.78 is 5.45. The van der Waals surface area contributed by atoms with Crippen molar-refractivity contribution in [3.8, 4) is 5.69 Å². The van der Waals surface area contributed by atoms with Gasteiger partial charge >= 0.3 is 0 Å². The number of aryl methyl sites for hydroxylation is 1. The molecule has 0 aliphatic heterocycles. The fraction of sp³-hybridized carbons (Fsp3) is 0.231. The Morgan fingerprint density at radius 1 is 1.39 bits per heavy atom. The van der Waals surface area contributed by atoms with Gasteiger partial charge < -0.3 is 5.32 Å². The van der Waals surface area contributed by atoms with Gasteiger partial charge in [-0.1, -0.05) is 29.2 Å². The minimum atomic E-state index is -0.212. The van der Waals surface area contributed by atoms with E-state index in [1.54, 1.807) is 4.68 Å². The van der Waals surface area contributed by atoms with E-state index in [0.29, 0.717) is 27.8 Å². The fourth-order valence-corrected chi connectivity index (χ4v) is 3.06. The van der Waals surface area contributed by atoms with Gasteiger partial charge in [-0.05, 0) is 52.8 Å². The molecule has 1 amide bonds. The van der Waals surface area contributed by atoms with E-state index < -0.39 is 0 Å². The van der Waals surface area contributed by atoms with Crippen molar-refractivity contribution in [2.24, 2.45) is 0 Å². The third-order valence-electron chi connectivity index (χ3n) is 3.07. The summed E-state index contributed by atoms with van der Waals surface area (Å²) in [6.07, 6.45) is 2.57. The number of carbonyl (C=O) groups excluding carboxylic acids is 1. The Bertz CT molecular complexity index is 829. The smallest absolute Gasteiger partial charge is 0.269 e. The first-order chi connectivity index (χ1) is 11.2. The summed E-state index contributed by atoms with van der Waals surface area (Å²) >= 11 is 2.54. The van der Waals surface area contributed by atoms with Gasteiger partial charge in [0.2, 0.25) is 5.16 Å². The van der Waals surface area contributed by atoms with Gasteiger partial charge in [0.1, 0.15) is 4.88 Å². The molecule has 10 heteroatoms. The molecular weight excluding hydrogens is 334 g/mol. The van der Waals surface area contributed by atoms with E-state index in [1.807, 2.05) is 37.4 Å². The highest BCUT2D eigenvalue weighted by Crippen LogP contribution is 2.20. The zero-order valence-electron chi connectivity index (χ0n) is 12.4. The summed E-state index contributed by atoms with van der Waals surface area (Å²) in [6, 6.07) is 7.33. The minimum Gasteiger partial charge on any atom is -0.321 e. The molecule has 1 aromatic carbocycles. The van der Waals surface area contributed by atoms with E-state index in [4.69, 9.17) is 0 Å². The fourth-order valence-electron chi connectivity index (χ4n) is 1.98. The maximum absolute atomic E-state index is 12.3. The van der Waals surface area contributed by atoms with Gasteiger partial charge in [0.25, 0.3) is 5.91 Å². The molecule has 0 atom stereocenters. The Hall–Kier alpha value is -2.33. The molecule has 2 aromatic heterocycles. The molecule has 3 rings (SSSR count). The lowest BCUT2D eigenvalue weighted by Crippen LogP contribution is -2.12. The predicted octanol–water partition coefficient (Wildman–Crippen LogP) is 2.05. The van der Waals surface area contributed by atoms with Crippen LogP contribution in [0.2, 0.25) is 0 Å². The quantitative estimate of drug-likeness (QED) is 0.705. The number of anilines is 1. The molecular formula is C13H13N7OS2. The first-order valence-corrected chi connectivity index (χ1v) is 8.78. The van der Waals surface area contributed by atoms with Crippen LogP contribution in [0.15, 0.2) is 29.4 Å². The second kappa shape index (κ2) is 6.84. The highest BCUT2D eigenvalue weighted by molar-refractivity contribution is 7.98. The molecule has 3 aromatic rings. The largest absolute Gasteiger partial charge is 0.321 e. The van der Waals surface area contributed by atoms with Crippen LogP contribution in [0.25, 0.3) is 5.69 Å². The molecule has 0 bridgehead atoms. The maximum atomic E-state index is 12.3. The second-order valence-electron chi connectivity index (χ2n) is 4.48. The monoisotopic (exact) mass is 347 g/mol. The third-order valence-corrected chi connectivity index (χ3v) is 4.46. The number of amides is 1. The number of benzene rings is 1. The average molecular weight is 347 g/mol. The molecule has 23 heavy (non-hydrogen) atoms. The summed E-state index contributed by atoms with van der Waals surface area (Å²) in [7, 11) is 0. The molecule has 0 aliphatic rings. The van der Waals surface area contributed by atoms with Crippen molar-refractivity contribution in [2.75, 3.05) is 11.6 Å². The molecule has 8 nitrogen and oxygen atoms in total. The van der Waals surface area contributed by atoms with Crippen molar-refractivity contribution in [1.82, 2.24) is 29.8 Å². The topological polar surface area (TPSA) is 98.5 Å². The van der Waals surface area contributed by atoms with Crippen molar-refractivity contribution >= 4 is 34.9 Å². The average Bonchev–Trinajstić information content (AvgIpc) is 3.23. The number of hydrogen-bond donors (Lipinski definition) is 1. The molecule has 0 radical (unpaired) electrons. The number of tetrazole rings is 1. The van der Waals surface area contributed by atoms with Crippen LogP contribution in [0.4, 0.5) is 5.69 Å². The number of nitrogens with zero attached hydrogens (tertiary/aromatic N) is 6. The number of thioether (sulfide) groups is 1. The first kappa shape index (κ1) is 15.6. The van der Waals surface area contributed by atoms with Gasteiger partial charge in [-0.15, -0.1) is 10.2 Å². The van der Waals surface area contributed by atoms with E-state index in [-0.39, 0.29) is 5.91 Å². The molecule has 0 saturated heterocycles. The van der Waals surface area contributed by atoms with Crippen LogP contribution >= 0.6 is 23.3 Å². The summed E-state index contributed by atoms with van der Waals surface area (Å²) in [6.45, 7) is 1.94. The van der Waals surface area contributed by atoms with Crippen molar-refractivity contribution in [1.29, 1.82) is 0 Å². The molecule has 118 valence electrons. The van der Waals surface area contributed by atoms with E-state index >= 15 is 0 Å². The van der Waals surface area contributed by atoms with Crippen LogP contribution in [0.5, 0.6) is 0 Å². The number of carbonyl (C=O) groups is 1. The molecule has 0 fully saturated rings. The molecule has 0 unspecified atom stereocenters. The third kappa shape index (κ3) is 3.22. The van der Waals surface area contributed by atoms with Crippen LogP contribution in [0.1, 0.15) is 22.3 Å². The number of hydrogen-bond acceptors (Lipinski definition) is 8. The van der Waals surface area contributed by atoms with Crippen molar-refractivity contribution in [3.05, 3.63) is 34.8 Å². The molecule has 1 N–H and O–H groups in total. The van der Waals surface area contributed by atoms with E-state index in [0.717, 1.165) is 17.2 Å². The molecule has 2 heterocycles. The Kier molecular flexibility index (Phi) is 4.63. The lowest BCUT2D eigenvalue weighted by atomic mass is 10.2. The highest BCUT2D eigenvalue weighted by Gasteiger charge is 2.15. The van der Waals surface area contributed by atoms with Crippen molar-refractivity contribution < 1.29 is 4.79 Å². The summed E-state index contributed by atoms with van der Waals surface area (Å²) in [5.41, 5.74) is 2.13. The molecule has 0 spiro atoms. The van der Waals surface area contributed by atoms with Crippen LogP contribution in [-0.2, 0) is 6.42 Å². The predicted molar refractivity (Wildman–Crippen MR) is 88.2 cm³/mol. The Balaban J connectivity index is 1.85. The van der Waals surface area contributed by atoms with Gasteiger partial charge in [0, 0.05) is 5.69 Å². The van der Waals surface area contributed by atoms with E-state index in [2.05, 4.69) is 30.4 Å². The highest BCUT2D eigenvalue weighted by atomic mass is 32.2. The van der Waals surface area contributed by atoms with Crippen molar-refractivity contribution in [3.63, 3.8) is 0 Å². The minimum absolute atomic E-state index is 0.212. The summed E-state index contributed by atoms with van der Waals surface area (Å²) in [5.74, 6) is -0.212. The maximum Gasteiger partial charge on any atom is 0.269 e. The molecule has 0 saturated carbocycles. The lowest BCUT2D eigenvalue weighted by molar-refractivity contribution is 0.102. The lowest BCUT2D eigenvalue weighted by Gasteiger charge is -2.07. The second-order valence-corrected chi connectivity index (χ2v) is 6.01. The van der Waals surface area contributed by atoms with Crippen molar-refractivity contribution in [2.45, 2.75) is 18.5 Å². The number of nitrogens with one attached hydrogen (secondary N) is 1. The van der Waals surface area contributed by atoms with Gasteiger partial charge in [-0.25, -0.2) is 0 Å². The zero-order valence-corrected chi connectivity index (χ0v) is 14.1. The Morgan fingerprint density at radius 3 is 3.04 bits per heavy atom. The molecule has 0 aliphatic carbocycles. The van der Waals surface area contributed by atoms with Crippen LogP contribution in [0.3, 0.4) is 0 Å². The van der Waals surface area contributed by atoms with Gasteiger partial charge in [-0.3, -0.25) is 4.79 Å². The van der Waals surface area contributed by atoms with Gasteiger partial charge in [0.15, 0.2) is 0 Å². The van der Waals surface area contributed by atoms with Gasteiger partial charge in [-0.2, -0.15) is 4.68 Å².